The largest absolute Gasteiger partial charge is 0.444 e. The summed E-state index contributed by atoms with van der Waals surface area (Å²) in [4.78, 5) is 11.7. The van der Waals surface area contributed by atoms with E-state index in [4.69, 9.17) is 4.74 Å². The van der Waals surface area contributed by atoms with E-state index in [1.807, 2.05) is 45.0 Å². The number of hydrogen-bond acceptors (Lipinski definition) is 3. The average Bonchev–Trinajstić information content (AvgIpc) is 2.33. The molecule has 0 heterocycles. The molecule has 124 valence electrons. The Labute approximate surface area is 134 Å². The van der Waals surface area contributed by atoms with E-state index in [1.165, 1.54) is 5.56 Å². The number of rotatable bonds is 5. The minimum absolute atomic E-state index is 0.307. The maximum Gasteiger partial charge on any atom is 0.412 e. The molecule has 0 spiro atoms. The molecular formula is C18H30N2O2. The summed E-state index contributed by atoms with van der Waals surface area (Å²) in [6.07, 6.45) is 0.551. The van der Waals surface area contributed by atoms with Gasteiger partial charge >= 0.3 is 6.09 Å². The first kappa shape index (κ1) is 18.5. The molecule has 4 nitrogen and oxygen atoms in total. The first-order chi connectivity index (χ1) is 10.1. The molecule has 0 aliphatic carbocycles. The smallest absolute Gasteiger partial charge is 0.412 e. The molecule has 0 bridgehead atoms. The van der Waals surface area contributed by atoms with Crippen molar-refractivity contribution in [3.8, 4) is 0 Å². The van der Waals surface area contributed by atoms with Gasteiger partial charge in [-0.05, 0) is 56.8 Å². The third-order valence-corrected chi connectivity index (χ3v) is 2.85. The summed E-state index contributed by atoms with van der Waals surface area (Å²) >= 11 is 0. The molecule has 1 aromatic carbocycles. The Morgan fingerprint density at radius 2 is 1.64 bits per heavy atom. The molecule has 0 atom stereocenters. The van der Waals surface area contributed by atoms with E-state index in [2.05, 4.69) is 31.4 Å². The Kier molecular flexibility index (Phi) is 6.42. The molecule has 0 saturated heterocycles. The summed E-state index contributed by atoms with van der Waals surface area (Å²) in [5.41, 5.74) is 1.82. The van der Waals surface area contributed by atoms with E-state index in [1.54, 1.807) is 0 Å². The van der Waals surface area contributed by atoms with Gasteiger partial charge in [-0.1, -0.05) is 32.9 Å². The zero-order valence-corrected chi connectivity index (χ0v) is 14.7. The van der Waals surface area contributed by atoms with E-state index < -0.39 is 11.7 Å². The van der Waals surface area contributed by atoms with Crippen molar-refractivity contribution < 1.29 is 9.53 Å². The quantitative estimate of drug-likeness (QED) is 0.801. The summed E-state index contributed by atoms with van der Waals surface area (Å²) in [6.45, 7) is 14.2. The zero-order chi connectivity index (χ0) is 16.8. The highest BCUT2D eigenvalue weighted by molar-refractivity contribution is 5.84. The van der Waals surface area contributed by atoms with Gasteiger partial charge in [0.05, 0.1) is 0 Å². The van der Waals surface area contributed by atoms with Gasteiger partial charge < -0.3 is 10.1 Å². The van der Waals surface area contributed by atoms with Crippen molar-refractivity contribution in [2.75, 3.05) is 18.4 Å². The van der Waals surface area contributed by atoms with Crippen LogP contribution < -0.4 is 10.6 Å². The van der Waals surface area contributed by atoms with Crippen molar-refractivity contribution in [3.05, 3.63) is 29.8 Å². The van der Waals surface area contributed by atoms with E-state index in [-0.39, 0.29) is 0 Å². The summed E-state index contributed by atoms with van der Waals surface area (Å²) in [6, 6.07) is 7.88. The van der Waals surface area contributed by atoms with Gasteiger partial charge in [0.1, 0.15) is 5.60 Å². The van der Waals surface area contributed by atoms with Crippen LogP contribution in [0.4, 0.5) is 10.5 Å². The van der Waals surface area contributed by atoms with Crippen molar-refractivity contribution >= 4 is 11.8 Å². The minimum atomic E-state index is -0.483. The van der Waals surface area contributed by atoms with Gasteiger partial charge in [-0.2, -0.15) is 0 Å². The molecule has 0 fully saturated rings. The molecule has 22 heavy (non-hydrogen) atoms. The van der Waals surface area contributed by atoms with E-state index in [0.29, 0.717) is 5.41 Å². The van der Waals surface area contributed by atoms with Gasteiger partial charge in [-0.25, -0.2) is 4.79 Å². The van der Waals surface area contributed by atoms with Gasteiger partial charge in [0, 0.05) is 12.2 Å². The number of benzene rings is 1. The van der Waals surface area contributed by atoms with Crippen molar-refractivity contribution in [3.63, 3.8) is 0 Å². The Balaban J connectivity index is 2.38. The number of anilines is 1. The van der Waals surface area contributed by atoms with Crippen LogP contribution in [0.3, 0.4) is 0 Å². The molecule has 4 heteroatoms. The molecule has 0 unspecified atom stereocenters. The van der Waals surface area contributed by atoms with E-state index >= 15 is 0 Å². The van der Waals surface area contributed by atoms with Gasteiger partial charge in [-0.3, -0.25) is 5.32 Å². The average molecular weight is 306 g/mol. The Morgan fingerprint density at radius 1 is 1.05 bits per heavy atom. The maximum atomic E-state index is 11.7. The number of amides is 1. The lowest BCUT2D eigenvalue weighted by Crippen LogP contribution is -2.28. The molecule has 1 rings (SSSR count). The van der Waals surface area contributed by atoms with Crippen LogP contribution in [0.2, 0.25) is 0 Å². The second-order valence-electron chi connectivity index (χ2n) is 7.81. The first-order valence-electron chi connectivity index (χ1n) is 7.85. The zero-order valence-electron chi connectivity index (χ0n) is 14.7. The molecule has 0 aromatic heterocycles. The maximum absolute atomic E-state index is 11.7. The third-order valence-electron chi connectivity index (χ3n) is 2.85. The number of hydrogen-bond donors (Lipinski definition) is 2. The lowest BCUT2D eigenvalue weighted by molar-refractivity contribution is 0.0636. The van der Waals surface area contributed by atoms with Gasteiger partial charge in [-0.15, -0.1) is 0 Å². The van der Waals surface area contributed by atoms with Gasteiger partial charge in [0.15, 0.2) is 0 Å². The van der Waals surface area contributed by atoms with Crippen LogP contribution >= 0.6 is 0 Å². The Morgan fingerprint density at radius 3 is 2.14 bits per heavy atom. The van der Waals surface area contributed by atoms with Gasteiger partial charge in [0.25, 0.3) is 0 Å². The number of carbonyl (C=O) groups excluding carboxylic acids is 1. The van der Waals surface area contributed by atoms with Crippen LogP contribution in [-0.2, 0) is 11.2 Å². The fourth-order valence-corrected chi connectivity index (χ4v) is 1.87. The second kappa shape index (κ2) is 7.63. The van der Waals surface area contributed by atoms with Crippen LogP contribution in [0.25, 0.3) is 0 Å². The lowest BCUT2D eigenvalue weighted by atomic mass is 9.97. The Hall–Kier alpha value is -1.55. The summed E-state index contributed by atoms with van der Waals surface area (Å²) in [7, 11) is 0. The van der Waals surface area contributed by atoms with Crippen molar-refractivity contribution in [1.82, 2.24) is 5.32 Å². The van der Waals surface area contributed by atoms with Crippen LogP contribution in [-0.4, -0.2) is 24.8 Å². The number of carbonyl (C=O) groups is 1. The predicted molar refractivity (Wildman–Crippen MR) is 92.3 cm³/mol. The first-order valence-corrected chi connectivity index (χ1v) is 7.85. The van der Waals surface area contributed by atoms with Crippen molar-refractivity contribution in [2.45, 2.75) is 53.6 Å². The minimum Gasteiger partial charge on any atom is -0.444 e. The topological polar surface area (TPSA) is 50.4 Å². The van der Waals surface area contributed by atoms with Crippen molar-refractivity contribution in [1.29, 1.82) is 0 Å². The molecule has 0 aliphatic rings. The summed E-state index contributed by atoms with van der Waals surface area (Å²) < 4.78 is 5.22. The number of nitrogens with one attached hydrogen (secondary N) is 2. The molecule has 0 radical (unpaired) electrons. The predicted octanol–water partition coefficient (Wildman–Crippen LogP) is 4.21. The van der Waals surface area contributed by atoms with Gasteiger partial charge in [0.2, 0.25) is 0 Å². The number of ether oxygens (including phenoxy) is 1. The highest BCUT2D eigenvalue weighted by Crippen LogP contribution is 2.13. The molecule has 0 saturated carbocycles. The molecule has 2 N–H and O–H groups in total. The fourth-order valence-electron chi connectivity index (χ4n) is 1.87. The molecule has 1 amide bonds. The summed E-state index contributed by atoms with van der Waals surface area (Å²) in [5.74, 6) is 0. The SMILES string of the molecule is CC(C)(C)CNCCc1ccc(NC(=O)OC(C)(C)C)cc1. The third kappa shape index (κ3) is 8.67. The second-order valence-corrected chi connectivity index (χ2v) is 7.81. The Bertz CT molecular complexity index is 467. The fraction of sp³-hybridized carbons (Fsp3) is 0.611. The normalized spacial score (nSPS) is 12.1. The highest BCUT2D eigenvalue weighted by atomic mass is 16.6. The van der Waals surface area contributed by atoms with E-state index in [0.717, 1.165) is 25.2 Å². The standard InChI is InChI=1S/C18H30N2O2/c1-17(2,3)13-19-12-11-14-7-9-15(10-8-14)20-16(21)22-18(4,5)6/h7-10,19H,11-13H2,1-6H3,(H,20,21). The van der Waals surface area contributed by atoms with Crippen LogP contribution in [0, 0.1) is 5.41 Å². The highest BCUT2D eigenvalue weighted by Gasteiger charge is 2.16. The van der Waals surface area contributed by atoms with Crippen LogP contribution in [0.5, 0.6) is 0 Å². The van der Waals surface area contributed by atoms with E-state index in [9.17, 15) is 4.79 Å². The molecular weight excluding hydrogens is 276 g/mol. The summed E-state index contributed by atoms with van der Waals surface area (Å²) in [5, 5.41) is 6.19. The van der Waals surface area contributed by atoms with Crippen molar-refractivity contribution in [2.24, 2.45) is 5.41 Å². The lowest BCUT2D eigenvalue weighted by Gasteiger charge is -2.19. The van der Waals surface area contributed by atoms with Crippen LogP contribution in [0.15, 0.2) is 24.3 Å². The monoisotopic (exact) mass is 306 g/mol. The molecule has 0 aliphatic heterocycles. The van der Waals surface area contributed by atoms with Crippen LogP contribution in [0.1, 0.15) is 47.1 Å². The molecule has 1 aromatic rings.